The average Bonchev–Trinajstić information content (AvgIpc) is 3.16. The van der Waals surface area contributed by atoms with Crippen molar-refractivity contribution in [3.63, 3.8) is 0 Å². The zero-order valence-corrected chi connectivity index (χ0v) is 22.4. The monoisotopic (exact) mass is 489 g/mol. The number of ether oxygens (including phenoxy) is 1. The van der Waals surface area contributed by atoms with Crippen LogP contribution in [-0.2, 0) is 10.3 Å². The second kappa shape index (κ2) is 10.7. The van der Waals surface area contributed by atoms with Crippen LogP contribution in [0.15, 0.2) is 82.3 Å². The minimum atomic E-state index is -0.980. The molecule has 3 aliphatic rings. The molecule has 0 radical (unpaired) electrons. The first kappa shape index (κ1) is 26.3. The molecule has 1 saturated carbocycles. The lowest BCUT2D eigenvalue weighted by molar-refractivity contribution is 0.0754. The SMILES string of the molecule is [C-]#[N+]C1=C(/C=C/C=C2/C=C(C)CC(C)(C)C2)C(C)(c2ccc(C3CCCCC3)cc2)OC1=C(C#N)C#N. The average molecular weight is 490 g/mol. The molecule has 0 amide bonds. The maximum absolute atomic E-state index is 9.56. The molecule has 1 aromatic rings. The summed E-state index contributed by atoms with van der Waals surface area (Å²) in [6.45, 7) is 16.5. The van der Waals surface area contributed by atoms with E-state index >= 15 is 0 Å². The summed E-state index contributed by atoms with van der Waals surface area (Å²) >= 11 is 0. The minimum Gasteiger partial charge on any atom is -0.488 e. The van der Waals surface area contributed by atoms with Gasteiger partial charge < -0.3 is 4.74 Å². The van der Waals surface area contributed by atoms with E-state index < -0.39 is 5.60 Å². The van der Waals surface area contributed by atoms with Crippen LogP contribution in [0.4, 0.5) is 0 Å². The second-order valence-corrected chi connectivity index (χ2v) is 11.5. The summed E-state index contributed by atoms with van der Waals surface area (Å²) in [5.74, 6) is 0.664. The van der Waals surface area contributed by atoms with Gasteiger partial charge in [-0.2, -0.15) is 10.5 Å². The molecule has 0 spiro atoms. The highest BCUT2D eigenvalue weighted by molar-refractivity contribution is 5.59. The van der Waals surface area contributed by atoms with E-state index in [2.05, 4.69) is 62.0 Å². The van der Waals surface area contributed by atoms with Gasteiger partial charge in [0.2, 0.25) is 5.70 Å². The molecule has 0 aromatic heterocycles. The minimum absolute atomic E-state index is 0.0701. The van der Waals surface area contributed by atoms with Gasteiger partial charge in [0, 0.05) is 5.57 Å². The number of rotatable bonds is 4. The molecular weight excluding hydrogens is 454 g/mol. The largest absolute Gasteiger partial charge is 0.488 e. The third kappa shape index (κ3) is 5.48. The highest BCUT2D eigenvalue weighted by Gasteiger charge is 2.43. The summed E-state index contributed by atoms with van der Waals surface area (Å²) in [6.07, 6.45) is 16.6. The van der Waals surface area contributed by atoms with E-state index in [1.165, 1.54) is 48.8 Å². The van der Waals surface area contributed by atoms with Crippen LogP contribution in [0.5, 0.6) is 0 Å². The summed E-state index contributed by atoms with van der Waals surface area (Å²) in [6, 6.07) is 12.3. The van der Waals surface area contributed by atoms with Crippen LogP contribution >= 0.6 is 0 Å². The third-order valence-electron chi connectivity index (χ3n) is 7.84. The predicted molar refractivity (Wildman–Crippen MR) is 147 cm³/mol. The van der Waals surface area contributed by atoms with Crippen LogP contribution in [0, 0.1) is 34.6 Å². The maximum atomic E-state index is 9.56. The Balaban J connectivity index is 1.75. The lowest BCUT2D eigenvalue weighted by atomic mass is 9.75. The molecule has 0 N–H and O–H groups in total. The van der Waals surface area contributed by atoms with Crippen molar-refractivity contribution in [1.29, 1.82) is 10.5 Å². The molecule has 1 unspecified atom stereocenters. The molecule has 37 heavy (non-hydrogen) atoms. The summed E-state index contributed by atoms with van der Waals surface area (Å²) in [5.41, 5.74) is 4.81. The number of hydrogen-bond donors (Lipinski definition) is 0. The first-order valence-electron chi connectivity index (χ1n) is 13.2. The lowest BCUT2D eigenvalue weighted by Crippen LogP contribution is -2.23. The smallest absolute Gasteiger partial charge is 0.237 e. The first-order chi connectivity index (χ1) is 17.7. The zero-order chi connectivity index (χ0) is 26.6. The Hall–Kier alpha value is -3.81. The van der Waals surface area contributed by atoms with Crippen LogP contribution in [0.1, 0.15) is 89.7 Å². The van der Waals surface area contributed by atoms with E-state index in [4.69, 9.17) is 11.3 Å². The van der Waals surface area contributed by atoms with Gasteiger partial charge in [0.25, 0.3) is 0 Å². The van der Waals surface area contributed by atoms with Crippen molar-refractivity contribution in [2.75, 3.05) is 0 Å². The number of nitrogens with zero attached hydrogens (tertiary/aromatic N) is 3. The van der Waals surface area contributed by atoms with Gasteiger partial charge in [-0.1, -0.05) is 87.3 Å². The maximum Gasteiger partial charge on any atom is 0.237 e. The van der Waals surface area contributed by atoms with E-state index in [9.17, 15) is 10.5 Å². The Morgan fingerprint density at radius 1 is 1.05 bits per heavy atom. The molecule has 188 valence electrons. The van der Waals surface area contributed by atoms with Gasteiger partial charge in [0.1, 0.15) is 17.7 Å². The Morgan fingerprint density at radius 3 is 2.32 bits per heavy atom. The summed E-state index contributed by atoms with van der Waals surface area (Å²) in [5, 5.41) is 19.1. The van der Waals surface area contributed by atoms with Crippen LogP contribution in [-0.4, -0.2) is 0 Å². The lowest BCUT2D eigenvalue weighted by Gasteiger charge is -2.30. The molecule has 1 fully saturated rings. The van der Waals surface area contributed by atoms with Gasteiger partial charge in [-0.25, -0.2) is 4.85 Å². The van der Waals surface area contributed by atoms with Crippen molar-refractivity contribution in [1.82, 2.24) is 0 Å². The number of hydrogen-bond acceptors (Lipinski definition) is 3. The van der Waals surface area contributed by atoms with E-state index in [1.807, 2.05) is 31.2 Å². The van der Waals surface area contributed by atoms with Gasteiger partial charge in [-0.05, 0) is 67.6 Å². The molecule has 1 atom stereocenters. The first-order valence-corrected chi connectivity index (χ1v) is 13.2. The van der Waals surface area contributed by atoms with Crippen molar-refractivity contribution >= 4 is 0 Å². The Labute approximate surface area is 221 Å². The van der Waals surface area contributed by atoms with Crippen LogP contribution < -0.4 is 0 Å². The predicted octanol–water partition coefficient (Wildman–Crippen LogP) is 8.70. The van der Waals surface area contributed by atoms with Crippen LogP contribution in [0.2, 0.25) is 0 Å². The Bertz CT molecular complexity index is 1320. The molecule has 1 aliphatic heterocycles. The fraction of sp³-hybridized carbons (Fsp3) is 0.424. The van der Waals surface area contributed by atoms with E-state index in [0.29, 0.717) is 11.5 Å². The van der Waals surface area contributed by atoms with Crippen molar-refractivity contribution in [3.05, 3.63) is 105 Å². The topological polar surface area (TPSA) is 61.2 Å². The summed E-state index contributed by atoms with van der Waals surface area (Å²) < 4.78 is 6.34. The second-order valence-electron chi connectivity index (χ2n) is 11.5. The highest BCUT2D eigenvalue weighted by atomic mass is 16.5. The standard InChI is InChI=1S/C33H35N3O/c1-23-18-24(20-32(2,3)19-23)10-9-13-29-30(36-5)31(27(21-34)22-35)37-33(29,4)28-16-14-26(15-17-28)25-11-7-6-8-12-25/h9-10,13-18,25H,6-8,11-12,19-20H2,1-4H3/b13-9+,24-10-. The van der Waals surface area contributed by atoms with E-state index in [0.717, 1.165) is 18.4 Å². The fourth-order valence-corrected chi connectivity index (χ4v) is 6.19. The highest BCUT2D eigenvalue weighted by Crippen LogP contribution is 2.48. The van der Waals surface area contributed by atoms with Crippen molar-refractivity contribution < 1.29 is 4.74 Å². The van der Waals surface area contributed by atoms with Crippen LogP contribution in [0.25, 0.3) is 4.85 Å². The van der Waals surface area contributed by atoms with E-state index in [-0.39, 0.29) is 22.4 Å². The molecule has 4 nitrogen and oxygen atoms in total. The van der Waals surface area contributed by atoms with Crippen LogP contribution in [0.3, 0.4) is 0 Å². The van der Waals surface area contributed by atoms with Gasteiger partial charge in [0.05, 0.1) is 6.57 Å². The number of benzene rings is 1. The number of nitriles is 2. The van der Waals surface area contributed by atoms with Crippen molar-refractivity contribution in [2.45, 2.75) is 84.2 Å². The fourth-order valence-electron chi connectivity index (χ4n) is 6.19. The molecule has 0 bridgehead atoms. The molecule has 1 aromatic carbocycles. The van der Waals surface area contributed by atoms with Crippen molar-refractivity contribution in [2.24, 2.45) is 5.41 Å². The molecule has 0 saturated heterocycles. The van der Waals surface area contributed by atoms with Gasteiger partial charge in [-0.15, -0.1) is 0 Å². The number of allylic oxidation sites excluding steroid dienone is 6. The molecule has 2 aliphatic carbocycles. The van der Waals surface area contributed by atoms with Gasteiger partial charge in [0.15, 0.2) is 11.3 Å². The third-order valence-corrected chi connectivity index (χ3v) is 7.84. The zero-order valence-electron chi connectivity index (χ0n) is 22.4. The summed E-state index contributed by atoms with van der Waals surface area (Å²) in [7, 11) is 0. The quantitative estimate of drug-likeness (QED) is 0.314. The van der Waals surface area contributed by atoms with Gasteiger partial charge in [-0.3, -0.25) is 0 Å². The molecule has 1 heterocycles. The molecular formula is C33H35N3O. The Kier molecular flexibility index (Phi) is 7.57. The Morgan fingerprint density at radius 2 is 1.73 bits per heavy atom. The molecule has 4 rings (SSSR count). The summed E-state index contributed by atoms with van der Waals surface area (Å²) in [4.78, 5) is 3.74. The van der Waals surface area contributed by atoms with Gasteiger partial charge >= 0.3 is 0 Å². The van der Waals surface area contributed by atoms with Crippen molar-refractivity contribution in [3.8, 4) is 12.1 Å². The molecule has 4 heteroatoms. The normalized spacial score (nSPS) is 24.8. The van der Waals surface area contributed by atoms with E-state index in [1.54, 1.807) is 0 Å².